The first kappa shape index (κ1) is 10.3. The lowest BCUT2D eigenvalue weighted by molar-refractivity contribution is -0.138. The number of nitrogens with one attached hydrogen (secondary N) is 2. The molecule has 0 saturated carbocycles. The van der Waals surface area contributed by atoms with Gasteiger partial charge in [-0.15, -0.1) is 0 Å². The second kappa shape index (κ2) is 3.72. The van der Waals surface area contributed by atoms with Crippen LogP contribution >= 0.6 is 0 Å². The van der Waals surface area contributed by atoms with Crippen molar-refractivity contribution in [2.75, 3.05) is 6.54 Å². The summed E-state index contributed by atoms with van der Waals surface area (Å²) in [5, 5.41) is 8.06. The molecule has 0 aromatic carbocycles. The van der Waals surface area contributed by atoms with Gasteiger partial charge in [-0.05, 0) is 6.92 Å². The molecule has 2 N–H and O–H groups in total. The Kier molecular flexibility index (Phi) is 2.39. The fourth-order valence-electron chi connectivity index (χ4n) is 1.41. The number of imide groups is 1. The molecule has 8 nitrogen and oxygen atoms in total. The molecule has 2 rings (SSSR count). The van der Waals surface area contributed by atoms with Crippen molar-refractivity contribution in [2.24, 2.45) is 0 Å². The molecule has 0 spiro atoms. The number of amides is 3. The molecule has 1 unspecified atom stereocenters. The molecule has 0 radical (unpaired) electrons. The van der Waals surface area contributed by atoms with Gasteiger partial charge in [0, 0.05) is 0 Å². The van der Waals surface area contributed by atoms with Gasteiger partial charge in [-0.25, -0.2) is 4.98 Å². The number of aromatic nitrogens is 3. The minimum atomic E-state index is -0.699. The third-order valence-corrected chi connectivity index (χ3v) is 2.30. The quantitative estimate of drug-likeness (QED) is 0.551. The summed E-state index contributed by atoms with van der Waals surface area (Å²) in [6.07, 6.45) is 1.18. The number of H-pyrrole nitrogens is 1. The van der Waals surface area contributed by atoms with E-state index in [4.69, 9.17) is 0 Å². The molecule has 1 aliphatic rings. The summed E-state index contributed by atoms with van der Waals surface area (Å²) in [6.45, 7) is 1.38. The van der Waals surface area contributed by atoms with E-state index >= 15 is 0 Å². The number of hydrogen-bond donors (Lipinski definition) is 2. The zero-order valence-electron chi connectivity index (χ0n) is 8.43. The van der Waals surface area contributed by atoms with Crippen LogP contribution < -0.4 is 5.32 Å². The largest absolute Gasteiger partial charge is 0.315 e. The highest BCUT2D eigenvalue weighted by Gasteiger charge is 2.34. The van der Waals surface area contributed by atoms with Crippen molar-refractivity contribution in [3.8, 4) is 0 Å². The second-order valence-corrected chi connectivity index (χ2v) is 3.36. The Labute approximate surface area is 90.0 Å². The number of rotatable bonds is 1. The van der Waals surface area contributed by atoms with E-state index in [1.807, 2.05) is 0 Å². The van der Waals surface area contributed by atoms with Crippen LogP contribution in [0.5, 0.6) is 0 Å². The molecule has 0 bridgehead atoms. The van der Waals surface area contributed by atoms with Gasteiger partial charge in [0.05, 0.1) is 0 Å². The van der Waals surface area contributed by atoms with E-state index in [0.29, 0.717) is 0 Å². The van der Waals surface area contributed by atoms with Crippen LogP contribution in [-0.4, -0.2) is 50.4 Å². The van der Waals surface area contributed by atoms with Gasteiger partial charge < -0.3 is 4.90 Å². The van der Waals surface area contributed by atoms with Gasteiger partial charge in [-0.3, -0.25) is 24.8 Å². The average molecular weight is 223 g/mol. The zero-order valence-corrected chi connectivity index (χ0v) is 8.43. The van der Waals surface area contributed by atoms with Crippen LogP contribution in [0.15, 0.2) is 6.33 Å². The molecule has 84 valence electrons. The Hall–Kier alpha value is -2.25. The first-order valence-electron chi connectivity index (χ1n) is 4.59. The Bertz CT molecular complexity index is 441. The number of piperazine rings is 1. The third kappa shape index (κ3) is 1.64. The van der Waals surface area contributed by atoms with Gasteiger partial charge in [-0.2, -0.15) is 5.10 Å². The molecule has 8 heteroatoms. The van der Waals surface area contributed by atoms with E-state index in [0.717, 1.165) is 4.90 Å². The molecule has 2 heterocycles. The lowest BCUT2D eigenvalue weighted by Gasteiger charge is -2.30. The minimum absolute atomic E-state index is 0.00866. The highest BCUT2D eigenvalue weighted by Crippen LogP contribution is 2.08. The van der Waals surface area contributed by atoms with Crippen molar-refractivity contribution in [2.45, 2.75) is 13.0 Å². The summed E-state index contributed by atoms with van der Waals surface area (Å²) in [4.78, 5) is 39.1. The molecule has 0 aliphatic carbocycles. The van der Waals surface area contributed by atoms with E-state index < -0.39 is 23.8 Å². The highest BCUT2D eigenvalue weighted by molar-refractivity contribution is 6.06. The van der Waals surface area contributed by atoms with Crippen molar-refractivity contribution in [3.05, 3.63) is 12.2 Å². The van der Waals surface area contributed by atoms with E-state index in [9.17, 15) is 14.4 Å². The maximum absolute atomic E-state index is 11.8. The second-order valence-electron chi connectivity index (χ2n) is 3.36. The molecular weight excluding hydrogens is 214 g/mol. The van der Waals surface area contributed by atoms with Crippen molar-refractivity contribution in [1.29, 1.82) is 0 Å². The van der Waals surface area contributed by atoms with Crippen LogP contribution in [0.4, 0.5) is 0 Å². The molecular formula is C8H9N5O3. The van der Waals surface area contributed by atoms with Crippen molar-refractivity contribution in [1.82, 2.24) is 25.4 Å². The first-order valence-corrected chi connectivity index (χ1v) is 4.59. The zero-order chi connectivity index (χ0) is 11.7. The molecule has 1 aromatic heterocycles. The Morgan fingerprint density at radius 1 is 1.56 bits per heavy atom. The standard InChI is InChI=1S/C8H9N5O3/c1-4-7(15)11-5(14)2-13(4)8(16)6-9-3-10-12-6/h3-4H,2H2,1H3,(H,9,10,12)(H,11,14,15). The number of hydrogen-bond acceptors (Lipinski definition) is 5. The monoisotopic (exact) mass is 223 g/mol. The molecule has 16 heavy (non-hydrogen) atoms. The molecule has 1 fully saturated rings. The van der Waals surface area contributed by atoms with Gasteiger partial charge in [0.25, 0.3) is 5.91 Å². The molecule has 1 atom stereocenters. The Morgan fingerprint density at radius 2 is 2.31 bits per heavy atom. The van der Waals surface area contributed by atoms with Gasteiger partial charge in [0.2, 0.25) is 17.6 Å². The number of aromatic amines is 1. The summed E-state index contributed by atoms with van der Waals surface area (Å²) >= 11 is 0. The fraction of sp³-hybridized carbons (Fsp3) is 0.375. The molecule has 3 amide bonds. The fourth-order valence-corrected chi connectivity index (χ4v) is 1.41. The minimum Gasteiger partial charge on any atom is -0.315 e. The van der Waals surface area contributed by atoms with E-state index in [1.54, 1.807) is 0 Å². The van der Waals surface area contributed by atoms with Crippen molar-refractivity contribution < 1.29 is 14.4 Å². The van der Waals surface area contributed by atoms with Gasteiger partial charge in [0.15, 0.2) is 0 Å². The predicted octanol–water partition coefficient (Wildman–Crippen LogP) is -1.71. The van der Waals surface area contributed by atoms with Gasteiger partial charge >= 0.3 is 0 Å². The first-order chi connectivity index (χ1) is 7.59. The van der Waals surface area contributed by atoms with Gasteiger partial charge in [-0.1, -0.05) is 0 Å². The summed E-state index contributed by atoms with van der Waals surface area (Å²) in [5.41, 5.74) is 0. The lowest BCUT2D eigenvalue weighted by atomic mass is 10.2. The molecule has 1 aliphatic heterocycles. The van der Waals surface area contributed by atoms with Crippen LogP contribution in [0, 0.1) is 0 Å². The number of carbonyl (C=O) groups is 3. The number of carbonyl (C=O) groups excluding carboxylic acids is 3. The Balaban J connectivity index is 2.23. The normalized spacial score (nSPS) is 20.8. The maximum Gasteiger partial charge on any atom is 0.292 e. The van der Waals surface area contributed by atoms with Crippen LogP contribution in [0.3, 0.4) is 0 Å². The molecule has 1 aromatic rings. The summed E-state index contributed by atoms with van der Waals surface area (Å²) in [6, 6.07) is -0.699. The van der Waals surface area contributed by atoms with Crippen LogP contribution in [0.25, 0.3) is 0 Å². The summed E-state index contributed by atoms with van der Waals surface area (Å²) < 4.78 is 0. The summed E-state index contributed by atoms with van der Waals surface area (Å²) in [5.74, 6) is -1.51. The lowest BCUT2D eigenvalue weighted by Crippen LogP contribution is -2.58. The molecule has 1 saturated heterocycles. The van der Waals surface area contributed by atoms with E-state index in [2.05, 4.69) is 20.5 Å². The summed E-state index contributed by atoms with van der Waals surface area (Å²) in [7, 11) is 0. The number of nitrogens with zero attached hydrogens (tertiary/aromatic N) is 3. The van der Waals surface area contributed by atoms with Crippen LogP contribution in [0.2, 0.25) is 0 Å². The predicted molar refractivity (Wildman–Crippen MR) is 50.0 cm³/mol. The van der Waals surface area contributed by atoms with E-state index in [1.165, 1.54) is 13.3 Å². The average Bonchev–Trinajstić information content (AvgIpc) is 2.75. The van der Waals surface area contributed by atoms with Crippen molar-refractivity contribution >= 4 is 17.7 Å². The SMILES string of the molecule is CC1C(=O)NC(=O)CN1C(=O)c1ncn[nH]1. The third-order valence-electron chi connectivity index (χ3n) is 2.30. The van der Waals surface area contributed by atoms with E-state index in [-0.39, 0.29) is 12.4 Å². The van der Waals surface area contributed by atoms with Crippen molar-refractivity contribution in [3.63, 3.8) is 0 Å². The van der Waals surface area contributed by atoms with Gasteiger partial charge in [0.1, 0.15) is 18.9 Å². The maximum atomic E-state index is 11.8. The van der Waals surface area contributed by atoms with Crippen LogP contribution in [0.1, 0.15) is 17.5 Å². The Morgan fingerprint density at radius 3 is 2.94 bits per heavy atom. The topological polar surface area (TPSA) is 108 Å². The van der Waals surface area contributed by atoms with Crippen LogP contribution in [-0.2, 0) is 9.59 Å². The highest BCUT2D eigenvalue weighted by atomic mass is 16.2. The smallest absolute Gasteiger partial charge is 0.292 e.